The number of nitrogens with zero attached hydrogens (tertiary/aromatic N) is 3. The monoisotopic (exact) mass is 250 g/mol. The second-order valence-electron chi connectivity index (χ2n) is 4.83. The van der Waals surface area contributed by atoms with E-state index in [2.05, 4.69) is 29.1 Å². The van der Waals surface area contributed by atoms with Crippen LogP contribution in [0.25, 0.3) is 0 Å². The second kappa shape index (κ2) is 6.33. The number of aromatic nitrogens is 2. The van der Waals surface area contributed by atoms with Crippen molar-refractivity contribution >= 4 is 17.4 Å². The quantitative estimate of drug-likeness (QED) is 0.837. The van der Waals surface area contributed by atoms with Crippen molar-refractivity contribution in [2.24, 2.45) is 0 Å². The smallest absolute Gasteiger partial charge is 0.134 e. The van der Waals surface area contributed by atoms with Crippen molar-refractivity contribution in [3.8, 4) is 0 Å². The van der Waals surface area contributed by atoms with Gasteiger partial charge in [-0.1, -0.05) is 0 Å². The zero-order valence-electron chi connectivity index (χ0n) is 11.8. The highest BCUT2D eigenvalue weighted by molar-refractivity contribution is 5.76. The van der Waals surface area contributed by atoms with E-state index in [0.717, 1.165) is 17.5 Å². The third-order valence-electron chi connectivity index (χ3n) is 2.45. The second-order valence-corrected chi connectivity index (χ2v) is 4.83. The third-order valence-corrected chi connectivity index (χ3v) is 2.45. The summed E-state index contributed by atoms with van der Waals surface area (Å²) in [4.78, 5) is 21.7. The van der Waals surface area contributed by atoms with Crippen molar-refractivity contribution in [1.29, 1.82) is 0 Å². The molecule has 0 amide bonds. The Hall–Kier alpha value is -1.65. The van der Waals surface area contributed by atoms with Crippen molar-refractivity contribution in [3.05, 3.63) is 11.9 Å². The molecule has 0 saturated carbocycles. The van der Waals surface area contributed by atoms with Gasteiger partial charge in [0, 0.05) is 32.1 Å². The molecule has 1 N–H and O–H groups in total. The van der Waals surface area contributed by atoms with E-state index in [0.29, 0.717) is 19.0 Å². The van der Waals surface area contributed by atoms with Crippen molar-refractivity contribution in [1.82, 2.24) is 9.97 Å². The minimum absolute atomic E-state index is 0.188. The van der Waals surface area contributed by atoms with Gasteiger partial charge >= 0.3 is 0 Å². The molecule has 1 aromatic heterocycles. The van der Waals surface area contributed by atoms with Gasteiger partial charge in [-0.15, -0.1) is 0 Å². The zero-order chi connectivity index (χ0) is 13.7. The van der Waals surface area contributed by atoms with E-state index in [9.17, 15) is 4.79 Å². The molecule has 0 bridgehead atoms. The fourth-order valence-electron chi connectivity index (χ4n) is 1.56. The van der Waals surface area contributed by atoms with Gasteiger partial charge in [-0.05, 0) is 27.7 Å². The predicted octanol–water partition coefficient (Wildman–Crippen LogP) is 2.02. The van der Waals surface area contributed by atoms with Crippen LogP contribution in [-0.4, -0.2) is 35.4 Å². The number of nitrogens with one attached hydrogen (secondary N) is 1. The zero-order valence-corrected chi connectivity index (χ0v) is 11.8. The lowest BCUT2D eigenvalue weighted by Gasteiger charge is -2.19. The Morgan fingerprint density at radius 1 is 1.44 bits per heavy atom. The molecule has 1 heterocycles. The Morgan fingerprint density at radius 2 is 2.11 bits per heavy atom. The molecule has 0 fully saturated rings. The number of Topliss-reactive ketones (excluding diaryl/α,β-unsaturated/α-hetero) is 1. The third kappa shape index (κ3) is 4.69. The molecule has 1 aromatic rings. The Bertz CT molecular complexity index is 417. The molecule has 100 valence electrons. The highest BCUT2D eigenvalue weighted by Gasteiger charge is 2.08. The lowest BCUT2D eigenvalue weighted by atomic mass is 10.3. The number of anilines is 2. The predicted molar refractivity (Wildman–Crippen MR) is 74.1 cm³/mol. The largest absolute Gasteiger partial charge is 0.368 e. The van der Waals surface area contributed by atoms with E-state index >= 15 is 0 Å². The molecular weight excluding hydrogens is 228 g/mol. The minimum Gasteiger partial charge on any atom is -0.368 e. The van der Waals surface area contributed by atoms with Crippen molar-refractivity contribution in [2.75, 3.05) is 23.8 Å². The topological polar surface area (TPSA) is 58.1 Å². The Labute approximate surface area is 109 Å². The van der Waals surface area contributed by atoms with E-state index in [-0.39, 0.29) is 5.78 Å². The van der Waals surface area contributed by atoms with Gasteiger partial charge < -0.3 is 10.2 Å². The highest BCUT2D eigenvalue weighted by atomic mass is 16.1. The molecule has 5 heteroatoms. The van der Waals surface area contributed by atoms with Crippen LogP contribution in [0, 0.1) is 6.92 Å². The van der Waals surface area contributed by atoms with E-state index in [1.54, 1.807) is 6.92 Å². The summed E-state index contributed by atoms with van der Waals surface area (Å²) in [5.41, 5.74) is 0. The van der Waals surface area contributed by atoms with Crippen LogP contribution in [0.15, 0.2) is 6.07 Å². The first-order valence-corrected chi connectivity index (χ1v) is 6.21. The van der Waals surface area contributed by atoms with Crippen molar-refractivity contribution in [3.63, 3.8) is 0 Å². The number of hydrogen-bond donors (Lipinski definition) is 1. The van der Waals surface area contributed by atoms with Crippen LogP contribution in [0.5, 0.6) is 0 Å². The van der Waals surface area contributed by atoms with Gasteiger partial charge in [-0.3, -0.25) is 4.79 Å². The molecule has 0 aliphatic carbocycles. The molecule has 0 unspecified atom stereocenters. The van der Waals surface area contributed by atoms with Gasteiger partial charge in [0.1, 0.15) is 23.2 Å². The maximum atomic E-state index is 11.0. The van der Waals surface area contributed by atoms with Crippen LogP contribution in [0.3, 0.4) is 0 Å². The molecule has 5 nitrogen and oxygen atoms in total. The maximum absolute atomic E-state index is 11.0. The van der Waals surface area contributed by atoms with Crippen LogP contribution in [0.4, 0.5) is 11.6 Å². The summed E-state index contributed by atoms with van der Waals surface area (Å²) in [6.07, 6.45) is 0.534. The number of hydrogen-bond acceptors (Lipinski definition) is 5. The minimum atomic E-state index is 0.188. The van der Waals surface area contributed by atoms with Gasteiger partial charge in [0.2, 0.25) is 0 Å². The first-order valence-electron chi connectivity index (χ1n) is 6.21. The summed E-state index contributed by atoms with van der Waals surface area (Å²) >= 11 is 0. The normalized spacial score (nSPS) is 10.6. The lowest BCUT2D eigenvalue weighted by Crippen LogP contribution is -2.22. The van der Waals surface area contributed by atoms with E-state index < -0.39 is 0 Å². The number of carbonyl (C=O) groups excluding carboxylic acids is 1. The Morgan fingerprint density at radius 3 is 2.67 bits per heavy atom. The molecule has 0 aliphatic rings. The lowest BCUT2D eigenvalue weighted by molar-refractivity contribution is -0.116. The average Bonchev–Trinajstić information content (AvgIpc) is 2.23. The van der Waals surface area contributed by atoms with E-state index in [1.807, 2.05) is 24.9 Å². The SMILES string of the molecule is CC(=O)CCN(C)c1cc(NC(C)C)nc(C)n1. The van der Waals surface area contributed by atoms with Crippen molar-refractivity contribution in [2.45, 2.75) is 40.2 Å². The number of rotatable bonds is 6. The standard InChI is InChI=1S/C13H22N4O/c1-9(2)14-12-8-13(16-11(4)15-12)17(5)7-6-10(3)18/h8-9H,6-7H2,1-5H3,(H,14,15,16). The summed E-state index contributed by atoms with van der Waals surface area (Å²) in [5, 5.41) is 3.26. The maximum Gasteiger partial charge on any atom is 0.134 e. The molecule has 1 rings (SSSR count). The molecule has 0 aliphatic heterocycles. The van der Waals surface area contributed by atoms with Gasteiger partial charge in [-0.25, -0.2) is 9.97 Å². The van der Waals surface area contributed by atoms with Crippen molar-refractivity contribution < 1.29 is 4.79 Å². The van der Waals surface area contributed by atoms with Crippen LogP contribution >= 0.6 is 0 Å². The molecule has 0 spiro atoms. The summed E-state index contributed by atoms with van der Waals surface area (Å²) in [7, 11) is 1.93. The molecule has 0 aromatic carbocycles. The van der Waals surface area contributed by atoms with E-state index in [4.69, 9.17) is 0 Å². The fraction of sp³-hybridized carbons (Fsp3) is 0.615. The molecular formula is C13H22N4O. The number of carbonyl (C=O) groups is 1. The first kappa shape index (κ1) is 14.4. The Balaban J connectivity index is 2.81. The van der Waals surface area contributed by atoms with E-state index in [1.165, 1.54) is 0 Å². The number of ketones is 1. The van der Waals surface area contributed by atoms with Crippen LogP contribution in [0.2, 0.25) is 0 Å². The summed E-state index contributed by atoms with van der Waals surface area (Å²) in [6, 6.07) is 2.24. The average molecular weight is 250 g/mol. The summed E-state index contributed by atoms with van der Waals surface area (Å²) in [6.45, 7) is 8.28. The summed E-state index contributed by atoms with van der Waals surface area (Å²) in [5.74, 6) is 2.58. The molecule has 0 atom stereocenters. The molecule has 0 saturated heterocycles. The fourth-order valence-corrected chi connectivity index (χ4v) is 1.56. The number of aryl methyl sites for hydroxylation is 1. The molecule has 18 heavy (non-hydrogen) atoms. The van der Waals surface area contributed by atoms with Crippen LogP contribution in [0.1, 0.15) is 33.0 Å². The first-order chi connectivity index (χ1) is 8.38. The van der Waals surface area contributed by atoms with Gasteiger partial charge in [0.05, 0.1) is 0 Å². The van der Waals surface area contributed by atoms with Crippen LogP contribution < -0.4 is 10.2 Å². The van der Waals surface area contributed by atoms with Gasteiger partial charge in [0.25, 0.3) is 0 Å². The van der Waals surface area contributed by atoms with Gasteiger partial charge in [0.15, 0.2) is 0 Å². The highest BCUT2D eigenvalue weighted by Crippen LogP contribution is 2.15. The Kier molecular flexibility index (Phi) is 5.07. The molecule has 0 radical (unpaired) electrons. The van der Waals surface area contributed by atoms with Crippen LogP contribution in [-0.2, 0) is 4.79 Å². The van der Waals surface area contributed by atoms with Gasteiger partial charge in [-0.2, -0.15) is 0 Å². The summed E-state index contributed by atoms with van der Waals surface area (Å²) < 4.78 is 0.